The molecule has 0 saturated heterocycles. The Bertz CT molecular complexity index is 267. The summed E-state index contributed by atoms with van der Waals surface area (Å²) < 4.78 is 0. The Hall–Kier alpha value is -1.06. The highest BCUT2D eigenvalue weighted by Gasteiger charge is 2.56. The maximum absolute atomic E-state index is 11.6. The van der Waals surface area contributed by atoms with Crippen molar-refractivity contribution in [2.75, 3.05) is 6.54 Å². The van der Waals surface area contributed by atoms with Crippen molar-refractivity contribution in [1.29, 1.82) is 0 Å². The van der Waals surface area contributed by atoms with Crippen LogP contribution in [0.2, 0.25) is 0 Å². The maximum atomic E-state index is 11.6. The van der Waals surface area contributed by atoms with E-state index in [-0.39, 0.29) is 18.2 Å². The third-order valence-corrected chi connectivity index (χ3v) is 3.58. The molecule has 15 heavy (non-hydrogen) atoms. The molecule has 84 valence electrons. The van der Waals surface area contributed by atoms with Gasteiger partial charge in [0.25, 0.3) is 0 Å². The van der Waals surface area contributed by atoms with Crippen LogP contribution in [0.5, 0.6) is 0 Å². The van der Waals surface area contributed by atoms with E-state index in [0.29, 0.717) is 24.8 Å². The fraction of sp³-hybridized carbons (Fsp3) is 0.818. The molecule has 2 aliphatic rings. The van der Waals surface area contributed by atoms with Gasteiger partial charge in [-0.25, -0.2) is 0 Å². The number of aliphatic carboxylic acids is 1. The molecule has 2 rings (SSSR count). The van der Waals surface area contributed by atoms with Crippen molar-refractivity contribution >= 4 is 11.9 Å². The fourth-order valence-corrected chi connectivity index (χ4v) is 2.78. The van der Waals surface area contributed by atoms with Gasteiger partial charge >= 0.3 is 5.97 Å². The van der Waals surface area contributed by atoms with Gasteiger partial charge < -0.3 is 10.4 Å². The van der Waals surface area contributed by atoms with Crippen LogP contribution in [0.4, 0.5) is 0 Å². The topological polar surface area (TPSA) is 66.4 Å². The molecule has 2 saturated carbocycles. The summed E-state index contributed by atoms with van der Waals surface area (Å²) in [6, 6.07) is 0. The first-order chi connectivity index (χ1) is 7.20. The number of nitrogens with one attached hydrogen (secondary N) is 1. The number of hydrogen-bond acceptors (Lipinski definition) is 2. The van der Waals surface area contributed by atoms with Crippen LogP contribution in [-0.2, 0) is 9.59 Å². The van der Waals surface area contributed by atoms with Crippen LogP contribution >= 0.6 is 0 Å². The number of hydrogen-bond donors (Lipinski definition) is 2. The normalized spacial score (nSPS) is 32.1. The first kappa shape index (κ1) is 10.5. The number of carboxylic acid groups (broad SMARTS) is 1. The summed E-state index contributed by atoms with van der Waals surface area (Å²) in [5.74, 6) is 0.889. The largest absolute Gasteiger partial charge is 0.481 e. The van der Waals surface area contributed by atoms with Crippen molar-refractivity contribution in [2.45, 2.75) is 32.1 Å². The average Bonchev–Trinajstić information content (AvgIpc) is 2.67. The summed E-state index contributed by atoms with van der Waals surface area (Å²) in [5, 5.41) is 11.2. The molecule has 0 heterocycles. The van der Waals surface area contributed by atoms with Crippen LogP contribution < -0.4 is 5.32 Å². The van der Waals surface area contributed by atoms with Gasteiger partial charge in [0.1, 0.15) is 0 Å². The molecule has 2 N–H and O–H groups in total. The maximum Gasteiger partial charge on any atom is 0.303 e. The van der Waals surface area contributed by atoms with Crippen molar-refractivity contribution in [1.82, 2.24) is 5.32 Å². The van der Waals surface area contributed by atoms with Gasteiger partial charge in [0.2, 0.25) is 5.91 Å². The first-order valence-corrected chi connectivity index (χ1v) is 5.69. The van der Waals surface area contributed by atoms with E-state index in [2.05, 4.69) is 5.32 Å². The first-order valence-electron chi connectivity index (χ1n) is 5.69. The monoisotopic (exact) mass is 211 g/mol. The second-order valence-corrected chi connectivity index (χ2v) is 4.57. The Labute approximate surface area is 89.0 Å². The minimum atomic E-state index is -0.799. The van der Waals surface area contributed by atoms with E-state index >= 15 is 0 Å². The van der Waals surface area contributed by atoms with Crippen molar-refractivity contribution < 1.29 is 14.7 Å². The Morgan fingerprint density at radius 1 is 1.27 bits per heavy atom. The summed E-state index contributed by atoms with van der Waals surface area (Å²) in [6.07, 6.45) is 4.36. The Morgan fingerprint density at radius 2 is 1.93 bits per heavy atom. The molecule has 0 aromatic rings. The lowest BCUT2D eigenvalue weighted by Crippen LogP contribution is -2.27. The quantitative estimate of drug-likeness (QED) is 0.667. The molecule has 0 aliphatic heterocycles. The van der Waals surface area contributed by atoms with Crippen LogP contribution in [-0.4, -0.2) is 23.5 Å². The van der Waals surface area contributed by atoms with Crippen LogP contribution in [0.25, 0.3) is 0 Å². The minimum Gasteiger partial charge on any atom is -0.481 e. The molecule has 2 atom stereocenters. The molecule has 1 amide bonds. The number of carbonyl (C=O) groups excluding carboxylic acids is 1. The second-order valence-electron chi connectivity index (χ2n) is 4.57. The molecule has 4 nitrogen and oxygen atoms in total. The minimum absolute atomic E-state index is 0.137. The predicted octanol–water partition coefficient (Wildman–Crippen LogP) is 1.01. The highest BCUT2D eigenvalue weighted by molar-refractivity contribution is 5.82. The standard InChI is InChI=1S/C11H17NO3/c13-9(14)5-2-6-12-11(15)10-7-3-1-4-8(7)10/h7-8,10H,1-6H2,(H,12,15)(H,13,14). The van der Waals surface area contributed by atoms with Gasteiger partial charge in [-0.1, -0.05) is 6.42 Å². The zero-order chi connectivity index (χ0) is 10.8. The Morgan fingerprint density at radius 3 is 2.53 bits per heavy atom. The van der Waals surface area contributed by atoms with E-state index in [1.54, 1.807) is 0 Å². The van der Waals surface area contributed by atoms with Gasteiger partial charge in [-0.05, 0) is 31.1 Å². The van der Waals surface area contributed by atoms with Crippen molar-refractivity contribution in [3.8, 4) is 0 Å². The highest BCUT2D eigenvalue weighted by atomic mass is 16.4. The fourth-order valence-electron chi connectivity index (χ4n) is 2.78. The lowest BCUT2D eigenvalue weighted by Gasteiger charge is -2.05. The predicted molar refractivity (Wildman–Crippen MR) is 54.2 cm³/mol. The van der Waals surface area contributed by atoms with Gasteiger partial charge in [0, 0.05) is 18.9 Å². The lowest BCUT2D eigenvalue weighted by atomic mass is 10.1. The summed E-state index contributed by atoms with van der Waals surface area (Å²) in [7, 11) is 0. The number of amides is 1. The van der Waals surface area contributed by atoms with E-state index in [0.717, 1.165) is 0 Å². The van der Waals surface area contributed by atoms with Crippen LogP contribution in [0.3, 0.4) is 0 Å². The van der Waals surface area contributed by atoms with Gasteiger partial charge in [-0.3, -0.25) is 9.59 Å². The number of fused-ring (bicyclic) bond motifs is 1. The number of carbonyl (C=O) groups is 2. The van der Waals surface area contributed by atoms with E-state index in [1.807, 2.05) is 0 Å². The molecule has 0 aromatic carbocycles. The van der Waals surface area contributed by atoms with Gasteiger partial charge in [0.15, 0.2) is 0 Å². The lowest BCUT2D eigenvalue weighted by molar-refractivity contribution is -0.137. The average molecular weight is 211 g/mol. The smallest absolute Gasteiger partial charge is 0.303 e. The molecule has 2 aliphatic carbocycles. The molecule has 0 spiro atoms. The van der Waals surface area contributed by atoms with Crippen LogP contribution in [0.1, 0.15) is 32.1 Å². The van der Waals surface area contributed by atoms with Crippen LogP contribution in [0, 0.1) is 17.8 Å². The summed E-state index contributed by atoms with van der Waals surface area (Å²) >= 11 is 0. The molecular formula is C11H17NO3. The van der Waals surface area contributed by atoms with Crippen molar-refractivity contribution in [3.63, 3.8) is 0 Å². The molecule has 0 bridgehead atoms. The molecular weight excluding hydrogens is 194 g/mol. The van der Waals surface area contributed by atoms with Crippen molar-refractivity contribution in [2.24, 2.45) is 17.8 Å². The van der Waals surface area contributed by atoms with E-state index in [1.165, 1.54) is 19.3 Å². The number of rotatable bonds is 5. The molecule has 0 radical (unpaired) electrons. The summed E-state index contributed by atoms with van der Waals surface area (Å²) in [6.45, 7) is 0.501. The van der Waals surface area contributed by atoms with E-state index < -0.39 is 5.97 Å². The highest BCUT2D eigenvalue weighted by Crippen LogP contribution is 2.57. The van der Waals surface area contributed by atoms with Gasteiger partial charge in [-0.15, -0.1) is 0 Å². The Kier molecular flexibility index (Phi) is 2.93. The Balaban J connectivity index is 1.60. The van der Waals surface area contributed by atoms with E-state index in [4.69, 9.17) is 5.11 Å². The van der Waals surface area contributed by atoms with Crippen molar-refractivity contribution in [3.05, 3.63) is 0 Å². The molecule has 4 heteroatoms. The van der Waals surface area contributed by atoms with Crippen LogP contribution in [0.15, 0.2) is 0 Å². The number of carboxylic acids is 1. The third-order valence-electron chi connectivity index (χ3n) is 3.58. The van der Waals surface area contributed by atoms with E-state index in [9.17, 15) is 9.59 Å². The molecule has 0 aromatic heterocycles. The molecule has 2 fully saturated rings. The summed E-state index contributed by atoms with van der Waals surface area (Å²) in [4.78, 5) is 21.8. The van der Waals surface area contributed by atoms with Gasteiger partial charge in [-0.2, -0.15) is 0 Å². The van der Waals surface area contributed by atoms with Gasteiger partial charge in [0.05, 0.1) is 0 Å². The summed E-state index contributed by atoms with van der Waals surface area (Å²) in [5.41, 5.74) is 0. The zero-order valence-corrected chi connectivity index (χ0v) is 8.74. The zero-order valence-electron chi connectivity index (χ0n) is 8.74. The molecule has 2 unspecified atom stereocenters. The SMILES string of the molecule is O=C(O)CCCNC(=O)C1C2CCCC21. The second kappa shape index (κ2) is 4.21. The third kappa shape index (κ3) is 2.30.